The van der Waals surface area contributed by atoms with Crippen molar-refractivity contribution in [2.75, 3.05) is 13.1 Å². The number of nitrogens with one attached hydrogen (secondary N) is 1. The Balaban J connectivity index is 1.76. The van der Waals surface area contributed by atoms with Gasteiger partial charge in [-0.3, -0.25) is 9.78 Å². The van der Waals surface area contributed by atoms with Gasteiger partial charge in [0, 0.05) is 12.2 Å². The average molecular weight is 396 g/mol. The summed E-state index contributed by atoms with van der Waals surface area (Å²) < 4.78 is 6.08. The second kappa shape index (κ2) is 10.4. The molecule has 156 valence electrons. The molecule has 2 aromatic rings. The maximum atomic E-state index is 13.4. The van der Waals surface area contributed by atoms with Crippen molar-refractivity contribution in [3.8, 4) is 5.75 Å². The summed E-state index contributed by atoms with van der Waals surface area (Å²) in [5.74, 6) is 1.19. The lowest BCUT2D eigenvalue weighted by Crippen LogP contribution is -2.46. The van der Waals surface area contributed by atoms with Crippen molar-refractivity contribution >= 4 is 5.91 Å². The first kappa shape index (κ1) is 21.3. The Hall–Kier alpha value is -2.40. The van der Waals surface area contributed by atoms with Gasteiger partial charge < -0.3 is 15.0 Å². The first-order chi connectivity index (χ1) is 14.0. The van der Waals surface area contributed by atoms with Crippen LogP contribution in [0.4, 0.5) is 0 Å². The number of hydrogen-bond donors (Lipinski definition) is 1. The second-order valence-electron chi connectivity index (χ2n) is 8.11. The molecule has 1 amide bonds. The van der Waals surface area contributed by atoms with E-state index in [-0.39, 0.29) is 11.9 Å². The molecule has 0 aliphatic carbocycles. The summed E-state index contributed by atoms with van der Waals surface area (Å²) in [6.07, 6.45) is 4.26. The first-order valence-electron chi connectivity index (χ1n) is 10.7. The number of aromatic nitrogens is 1. The molecule has 1 aromatic carbocycles. The van der Waals surface area contributed by atoms with Gasteiger partial charge in [0.25, 0.3) is 5.91 Å². The fraction of sp³-hybridized carbons (Fsp3) is 0.500. The molecular weight excluding hydrogens is 362 g/mol. The van der Waals surface area contributed by atoms with Crippen LogP contribution < -0.4 is 10.1 Å². The molecule has 29 heavy (non-hydrogen) atoms. The summed E-state index contributed by atoms with van der Waals surface area (Å²) in [5, 5.41) is 3.44. The van der Waals surface area contributed by atoms with E-state index in [2.05, 4.69) is 30.2 Å². The lowest BCUT2D eigenvalue weighted by atomic mass is 10.0. The maximum Gasteiger partial charge on any atom is 0.263 e. The third-order valence-corrected chi connectivity index (χ3v) is 5.51. The van der Waals surface area contributed by atoms with E-state index in [1.54, 1.807) is 6.20 Å². The smallest absolute Gasteiger partial charge is 0.263 e. The minimum absolute atomic E-state index is 0.0255. The van der Waals surface area contributed by atoms with Gasteiger partial charge in [-0.05, 0) is 75.0 Å². The summed E-state index contributed by atoms with van der Waals surface area (Å²) in [6.45, 7) is 8.62. The molecule has 1 aliphatic heterocycles. The van der Waals surface area contributed by atoms with Crippen LogP contribution in [0.2, 0.25) is 0 Å². The monoisotopic (exact) mass is 395 g/mol. The minimum Gasteiger partial charge on any atom is -0.481 e. The van der Waals surface area contributed by atoms with Crippen LogP contribution in [0.5, 0.6) is 5.75 Å². The fourth-order valence-corrected chi connectivity index (χ4v) is 3.80. The number of hydrogen-bond acceptors (Lipinski definition) is 4. The van der Waals surface area contributed by atoms with Gasteiger partial charge in [-0.25, -0.2) is 0 Å². The highest BCUT2D eigenvalue weighted by molar-refractivity contribution is 5.81. The molecule has 1 saturated heterocycles. The SMILES string of the molecule is CC(Oc1cccc(C(C)C)c1)C(=O)N(Cc1ccccn1)C1CCCNCC1. The largest absolute Gasteiger partial charge is 0.481 e. The molecule has 1 N–H and O–H groups in total. The van der Waals surface area contributed by atoms with Crippen LogP contribution in [-0.4, -0.2) is 41.0 Å². The quantitative estimate of drug-likeness (QED) is 0.765. The summed E-state index contributed by atoms with van der Waals surface area (Å²) in [7, 11) is 0. The summed E-state index contributed by atoms with van der Waals surface area (Å²) >= 11 is 0. The minimum atomic E-state index is -0.544. The number of carbonyl (C=O) groups is 1. The number of nitrogens with zero attached hydrogens (tertiary/aromatic N) is 2. The molecular formula is C24H33N3O2. The molecule has 3 rings (SSSR count). The van der Waals surface area contributed by atoms with Crippen LogP contribution in [0.1, 0.15) is 57.2 Å². The van der Waals surface area contributed by atoms with Crippen molar-refractivity contribution in [2.24, 2.45) is 0 Å². The molecule has 0 bridgehead atoms. The number of rotatable bonds is 7. The molecule has 1 fully saturated rings. The Bertz CT molecular complexity index is 771. The van der Waals surface area contributed by atoms with E-state index in [9.17, 15) is 4.79 Å². The first-order valence-corrected chi connectivity index (χ1v) is 10.7. The van der Waals surface area contributed by atoms with E-state index in [0.29, 0.717) is 12.5 Å². The molecule has 0 radical (unpaired) electrons. The predicted molar refractivity (Wildman–Crippen MR) is 116 cm³/mol. The van der Waals surface area contributed by atoms with E-state index >= 15 is 0 Å². The highest BCUT2D eigenvalue weighted by Crippen LogP contribution is 2.23. The van der Waals surface area contributed by atoms with Crippen molar-refractivity contribution in [1.82, 2.24) is 15.2 Å². The molecule has 0 spiro atoms. The van der Waals surface area contributed by atoms with Gasteiger partial charge in [-0.1, -0.05) is 32.0 Å². The molecule has 2 heterocycles. The van der Waals surface area contributed by atoms with Crippen LogP contribution in [-0.2, 0) is 11.3 Å². The molecule has 0 saturated carbocycles. The molecule has 1 aliphatic rings. The van der Waals surface area contributed by atoms with E-state index < -0.39 is 6.10 Å². The van der Waals surface area contributed by atoms with Gasteiger partial charge in [0.05, 0.1) is 12.2 Å². The Labute approximate surface area is 174 Å². The van der Waals surface area contributed by atoms with Gasteiger partial charge in [-0.15, -0.1) is 0 Å². The van der Waals surface area contributed by atoms with Gasteiger partial charge >= 0.3 is 0 Å². The van der Waals surface area contributed by atoms with Crippen LogP contribution in [0.15, 0.2) is 48.7 Å². The molecule has 5 nitrogen and oxygen atoms in total. The van der Waals surface area contributed by atoms with Gasteiger partial charge in [0.2, 0.25) is 0 Å². The number of amides is 1. The second-order valence-corrected chi connectivity index (χ2v) is 8.11. The van der Waals surface area contributed by atoms with Crippen LogP contribution in [0.3, 0.4) is 0 Å². The molecule has 5 heteroatoms. The zero-order chi connectivity index (χ0) is 20.6. The highest BCUT2D eigenvalue weighted by atomic mass is 16.5. The topological polar surface area (TPSA) is 54.5 Å². The lowest BCUT2D eigenvalue weighted by Gasteiger charge is -2.33. The van der Waals surface area contributed by atoms with E-state index in [0.717, 1.165) is 43.8 Å². The normalized spacial score (nSPS) is 18.1. The fourth-order valence-electron chi connectivity index (χ4n) is 3.80. The predicted octanol–water partition coefficient (Wildman–Crippen LogP) is 4.14. The molecule has 2 atom stereocenters. The maximum absolute atomic E-state index is 13.4. The summed E-state index contributed by atoms with van der Waals surface area (Å²) in [6, 6.07) is 14.1. The van der Waals surface area contributed by atoms with Crippen molar-refractivity contribution in [3.05, 3.63) is 59.9 Å². The third-order valence-electron chi connectivity index (χ3n) is 5.51. The summed E-state index contributed by atoms with van der Waals surface area (Å²) in [4.78, 5) is 19.9. The van der Waals surface area contributed by atoms with Crippen LogP contribution in [0, 0.1) is 0 Å². The summed E-state index contributed by atoms with van der Waals surface area (Å²) in [5.41, 5.74) is 2.12. The Morgan fingerprint density at radius 2 is 2.03 bits per heavy atom. The van der Waals surface area contributed by atoms with Crippen LogP contribution >= 0.6 is 0 Å². The van der Waals surface area contributed by atoms with Crippen molar-refractivity contribution in [1.29, 1.82) is 0 Å². The molecule has 1 aromatic heterocycles. The number of benzene rings is 1. The van der Waals surface area contributed by atoms with Crippen molar-refractivity contribution in [3.63, 3.8) is 0 Å². The Morgan fingerprint density at radius 3 is 2.79 bits per heavy atom. The van der Waals surface area contributed by atoms with Gasteiger partial charge in [-0.2, -0.15) is 0 Å². The number of ether oxygens (including phenoxy) is 1. The van der Waals surface area contributed by atoms with E-state index in [1.807, 2.05) is 48.2 Å². The van der Waals surface area contributed by atoms with Crippen molar-refractivity contribution < 1.29 is 9.53 Å². The van der Waals surface area contributed by atoms with Crippen molar-refractivity contribution in [2.45, 2.75) is 64.6 Å². The van der Waals surface area contributed by atoms with Gasteiger partial charge in [0.1, 0.15) is 5.75 Å². The lowest BCUT2D eigenvalue weighted by molar-refractivity contribution is -0.141. The van der Waals surface area contributed by atoms with Gasteiger partial charge in [0.15, 0.2) is 6.10 Å². The van der Waals surface area contributed by atoms with E-state index in [1.165, 1.54) is 5.56 Å². The van der Waals surface area contributed by atoms with Crippen LogP contribution in [0.25, 0.3) is 0 Å². The average Bonchev–Trinajstić information content (AvgIpc) is 3.02. The molecule has 2 unspecified atom stereocenters. The van der Waals surface area contributed by atoms with E-state index in [4.69, 9.17) is 4.74 Å². The Morgan fingerprint density at radius 1 is 1.17 bits per heavy atom. The standard InChI is InChI=1S/C24H33N3O2/c1-18(2)20-8-6-11-23(16-20)29-19(3)24(28)27(17-21-9-4-5-14-26-21)22-10-7-13-25-15-12-22/h4-6,8-9,11,14,16,18-19,22,25H,7,10,12-13,15,17H2,1-3H3. The third kappa shape index (κ3) is 6.04. The zero-order valence-corrected chi connectivity index (χ0v) is 17.8. The number of pyridine rings is 1. The zero-order valence-electron chi connectivity index (χ0n) is 17.8. The number of carbonyl (C=O) groups excluding carboxylic acids is 1. The highest BCUT2D eigenvalue weighted by Gasteiger charge is 2.29. The Kier molecular flexibility index (Phi) is 7.64.